The monoisotopic (exact) mass is 434 g/mol. The van der Waals surface area contributed by atoms with Crippen LogP contribution < -0.4 is 10.3 Å². The summed E-state index contributed by atoms with van der Waals surface area (Å²) in [5.74, 6) is -1.50. The zero-order valence-electron chi connectivity index (χ0n) is 17.2. The number of para-hydroxylation sites is 1. The van der Waals surface area contributed by atoms with Gasteiger partial charge >= 0.3 is 0 Å². The predicted molar refractivity (Wildman–Crippen MR) is 119 cm³/mol. The first kappa shape index (κ1) is 21.4. The molecule has 32 heavy (non-hydrogen) atoms. The van der Waals surface area contributed by atoms with Crippen molar-refractivity contribution >= 4 is 28.9 Å². The zero-order chi connectivity index (χ0) is 22.8. The molecular formula is C23H22N4O5. The number of hydrogen-bond acceptors (Lipinski definition) is 7. The second-order valence-corrected chi connectivity index (χ2v) is 7.53. The fraction of sp³-hybridized carbons (Fsp3) is 0.217. The van der Waals surface area contributed by atoms with E-state index in [1.807, 2.05) is 0 Å². The van der Waals surface area contributed by atoms with Crippen LogP contribution in [0.1, 0.15) is 6.92 Å². The number of hydrazine groups is 1. The normalized spacial score (nSPS) is 24.1. The second kappa shape index (κ2) is 8.74. The Labute approximate surface area is 184 Å². The van der Waals surface area contributed by atoms with Crippen molar-refractivity contribution in [3.63, 3.8) is 0 Å². The molecule has 0 radical (unpaired) electrons. The van der Waals surface area contributed by atoms with Crippen LogP contribution in [0, 0.1) is 16.0 Å². The van der Waals surface area contributed by atoms with Crippen LogP contribution in [0.3, 0.4) is 0 Å². The van der Waals surface area contributed by atoms with E-state index in [0.29, 0.717) is 11.4 Å². The highest BCUT2D eigenvalue weighted by Crippen LogP contribution is 2.35. The number of aliphatic hydroxyl groups excluding tert-OH is 1. The zero-order valence-corrected chi connectivity index (χ0v) is 17.2. The van der Waals surface area contributed by atoms with Gasteiger partial charge in [0, 0.05) is 17.8 Å². The Kier molecular flexibility index (Phi) is 5.85. The SMILES string of the molecule is CC=CC(O)C1C=CC2C(=O)N(c3ccccc3)C(=O)C2N1Nc1ccc([N+](=O)[O-])cc1. The molecule has 2 aromatic carbocycles. The molecule has 0 saturated carbocycles. The Bertz CT molecular complexity index is 1080. The number of non-ortho nitro benzene ring substituents is 1. The van der Waals surface area contributed by atoms with Crippen LogP contribution in [-0.4, -0.2) is 45.0 Å². The number of rotatable bonds is 6. The minimum Gasteiger partial charge on any atom is -0.387 e. The number of imide groups is 1. The smallest absolute Gasteiger partial charge is 0.269 e. The molecule has 1 saturated heterocycles. The summed E-state index contributed by atoms with van der Waals surface area (Å²) in [5.41, 5.74) is 3.99. The molecule has 2 aliphatic rings. The van der Waals surface area contributed by atoms with E-state index >= 15 is 0 Å². The lowest BCUT2D eigenvalue weighted by atomic mass is 9.92. The molecule has 2 aliphatic heterocycles. The van der Waals surface area contributed by atoms with E-state index < -0.39 is 34.9 Å². The summed E-state index contributed by atoms with van der Waals surface area (Å²) in [6.07, 6.45) is 5.71. The van der Waals surface area contributed by atoms with Gasteiger partial charge in [0.15, 0.2) is 0 Å². The molecule has 0 spiro atoms. The number of carbonyl (C=O) groups excluding carboxylic acids is 2. The van der Waals surface area contributed by atoms with Crippen LogP contribution in [0.15, 0.2) is 78.9 Å². The van der Waals surface area contributed by atoms with Gasteiger partial charge in [-0.2, -0.15) is 0 Å². The number of hydrogen-bond donors (Lipinski definition) is 2. The van der Waals surface area contributed by atoms with Crippen molar-refractivity contribution in [1.29, 1.82) is 0 Å². The summed E-state index contributed by atoms with van der Waals surface area (Å²) in [6.45, 7) is 1.77. The standard InChI is InChI=1S/C23H22N4O5/c1-2-6-20(28)19-14-13-18-21(23(30)25(22(18)29)16-7-4-3-5-8-16)26(19)24-15-9-11-17(12-10-15)27(31)32/h2-14,18-21,24,28H,1H3. The summed E-state index contributed by atoms with van der Waals surface area (Å²) in [6, 6.07) is 12.9. The maximum Gasteiger partial charge on any atom is 0.269 e. The molecule has 164 valence electrons. The molecule has 4 unspecified atom stereocenters. The van der Waals surface area contributed by atoms with Crippen LogP contribution in [0.5, 0.6) is 0 Å². The Morgan fingerprint density at radius 3 is 2.38 bits per heavy atom. The summed E-state index contributed by atoms with van der Waals surface area (Å²) in [4.78, 5) is 38.2. The minimum atomic E-state index is -0.948. The number of nitro benzene ring substituents is 1. The van der Waals surface area contributed by atoms with E-state index in [0.717, 1.165) is 4.90 Å². The number of nitrogens with zero attached hydrogens (tertiary/aromatic N) is 3. The molecule has 9 heteroatoms. The minimum absolute atomic E-state index is 0.0696. The topological polar surface area (TPSA) is 116 Å². The molecule has 9 nitrogen and oxygen atoms in total. The van der Waals surface area contributed by atoms with Crippen molar-refractivity contribution in [3.05, 3.63) is 89.0 Å². The number of anilines is 2. The van der Waals surface area contributed by atoms with Gasteiger partial charge in [0.1, 0.15) is 6.04 Å². The number of nitrogens with one attached hydrogen (secondary N) is 1. The number of amides is 2. The molecule has 2 amide bonds. The fourth-order valence-electron chi connectivity index (χ4n) is 4.04. The number of aliphatic hydroxyl groups is 1. The molecule has 2 aromatic rings. The average Bonchev–Trinajstić information content (AvgIpc) is 3.05. The van der Waals surface area contributed by atoms with E-state index in [4.69, 9.17) is 0 Å². The van der Waals surface area contributed by atoms with Gasteiger partial charge in [0.05, 0.1) is 28.7 Å². The van der Waals surface area contributed by atoms with Gasteiger partial charge in [-0.3, -0.25) is 19.7 Å². The third-order valence-electron chi connectivity index (χ3n) is 5.55. The number of nitro groups is 1. The van der Waals surface area contributed by atoms with Crippen LogP contribution in [0.25, 0.3) is 0 Å². The number of benzene rings is 2. The van der Waals surface area contributed by atoms with Crippen molar-refractivity contribution in [2.24, 2.45) is 5.92 Å². The van der Waals surface area contributed by atoms with Crippen molar-refractivity contribution in [2.75, 3.05) is 10.3 Å². The molecule has 2 N–H and O–H groups in total. The lowest BCUT2D eigenvalue weighted by Gasteiger charge is -2.40. The largest absolute Gasteiger partial charge is 0.387 e. The van der Waals surface area contributed by atoms with Gasteiger partial charge in [0.25, 0.3) is 11.6 Å². The van der Waals surface area contributed by atoms with Crippen LogP contribution in [0.4, 0.5) is 17.1 Å². The second-order valence-electron chi connectivity index (χ2n) is 7.53. The lowest BCUT2D eigenvalue weighted by molar-refractivity contribution is -0.384. The Morgan fingerprint density at radius 2 is 1.75 bits per heavy atom. The van der Waals surface area contributed by atoms with Crippen LogP contribution in [0.2, 0.25) is 0 Å². The molecule has 4 atom stereocenters. The highest BCUT2D eigenvalue weighted by molar-refractivity contribution is 6.24. The highest BCUT2D eigenvalue weighted by atomic mass is 16.6. The van der Waals surface area contributed by atoms with E-state index in [9.17, 15) is 24.8 Å². The van der Waals surface area contributed by atoms with E-state index in [-0.39, 0.29) is 11.6 Å². The molecule has 4 rings (SSSR count). The van der Waals surface area contributed by atoms with Crippen molar-refractivity contribution in [3.8, 4) is 0 Å². The highest BCUT2D eigenvalue weighted by Gasteiger charge is 2.53. The van der Waals surface area contributed by atoms with Gasteiger partial charge < -0.3 is 10.5 Å². The van der Waals surface area contributed by atoms with Gasteiger partial charge in [-0.25, -0.2) is 9.91 Å². The van der Waals surface area contributed by atoms with E-state index in [1.54, 1.807) is 66.6 Å². The lowest BCUT2D eigenvalue weighted by Crippen LogP contribution is -2.57. The van der Waals surface area contributed by atoms with Gasteiger partial charge in [-0.1, -0.05) is 42.5 Å². The summed E-state index contributed by atoms with van der Waals surface area (Å²) in [5, 5.41) is 23.2. The first-order valence-corrected chi connectivity index (χ1v) is 10.1. The first-order chi connectivity index (χ1) is 15.4. The number of carbonyl (C=O) groups is 2. The third-order valence-corrected chi connectivity index (χ3v) is 5.55. The fourth-order valence-corrected chi connectivity index (χ4v) is 4.04. The van der Waals surface area contributed by atoms with Crippen molar-refractivity contribution in [2.45, 2.75) is 25.1 Å². The quantitative estimate of drug-likeness (QED) is 0.311. The Balaban J connectivity index is 1.71. The molecule has 1 fully saturated rings. The maximum absolute atomic E-state index is 13.4. The number of allylic oxidation sites excluding steroid dienone is 1. The number of fused-ring (bicyclic) bond motifs is 1. The van der Waals surface area contributed by atoms with Gasteiger partial charge in [-0.05, 0) is 31.2 Å². The molecule has 0 aliphatic carbocycles. The maximum atomic E-state index is 13.4. The summed E-state index contributed by atoms with van der Waals surface area (Å²) in [7, 11) is 0. The molecule has 2 heterocycles. The predicted octanol–water partition coefficient (Wildman–Crippen LogP) is 2.66. The molecular weight excluding hydrogens is 412 g/mol. The Morgan fingerprint density at radius 1 is 1.06 bits per heavy atom. The molecule has 0 aromatic heterocycles. The van der Waals surface area contributed by atoms with Crippen molar-refractivity contribution in [1.82, 2.24) is 5.01 Å². The van der Waals surface area contributed by atoms with Crippen LogP contribution >= 0.6 is 0 Å². The molecule has 0 bridgehead atoms. The van der Waals surface area contributed by atoms with Gasteiger partial charge in [0.2, 0.25) is 5.91 Å². The van der Waals surface area contributed by atoms with E-state index in [1.165, 1.54) is 24.3 Å². The first-order valence-electron chi connectivity index (χ1n) is 10.1. The van der Waals surface area contributed by atoms with Crippen LogP contribution in [-0.2, 0) is 9.59 Å². The van der Waals surface area contributed by atoms with E-state index in [2.05, 4.69) is 5.43 Å². The third kappa shape index (κ3) is 3.79. The summed E-state index contributed by atoms with van der Waals surface area (Å²) < 4.78 is 0. The summed E-state index contributed by atoms with van der Waals surface area (Å²) >= 11 is 0. The average molecular weight is 434 g/mol. The van der Waals surface area contributed by atoms with Crippen molar-refractivity contribution < 1.29 is 19.6 Å². The van der Waals surface area contributed by atoms with Gasteiger partial charge in [-0.15, -0.1) is 0 Å². The Hall–Kier alpha value is -3.82.